The van der Waals surface area contributed by atoms with Crippen LogP contribution in [0.15, 0.2) is 42.6 Å². The van der Waals surface area contributed by atoms with Crippen LogP contribution in [0.2, 0.25) is 10.0 Å². The highest BCUT2D eigenvalue weighted by Gasteiger charge is 2.30. The normalized spacial score (nSPS) is 15.7. The topological polar surface area (TPSA) is 96.3 Å². The average Bonchev–Trinajstić information content (AvgIpc) is 3.80. The summed E-state index contributed by atoms with van der Waals surface area (Å²) in [6.07, 6.45) is 5.67. The minimum atomic E-state index is -0.192. The summed E-state index contributed by atoms with van der Waals surface area (Å²) in [5.41, 5.74) is 3.56. The first-order chi connectivity index (χ1) is 18.2. The van der Waals surface area contributed by atoms with Gasteiger partial charge < -0.3 is 15.5 Å². The van der Waals surface area contributed by atoms with Crippen molar-refractivity contribution in [3.63, 3.8) is 0 Å². The first kappa shape index (κ1) is 26.5. The van der Waals surface area contributed by atoms with E-state index in [1.807, 2.05) is 13.1 Å². The second kappa shape index (κ2) is 11.0. The number of hydrogen-bond donors (Lipinski definition) is 2. The molecule has 11 heteroatoms. The molecule has 0 saturated heterocycles. The number of nitrogens with one attached hydrogen (secondary N) is 2. The molecule has 2 aliphatic carbocycles. The van der Waals surface area contributed by atoms with E-state index in [-0.39, 0.29) is 28.9 Å². The zero-order chi connectivity index (χ0) is 27.0. The Morgan fingerprint density at radius 1 is 1.05 bits per heavy atom. The second-order valence-corrected chi connectivity index (χ2v) is 10.9. The number of halogens is 3. The number of amides is 2. The third kappa shape index (κ3) is 5.98. The number of rotatable bonds is 5. The molecule has 0 bridgehead atoms. The van der Waals surface area contributed by atoms with Gasteiger partial charge in [0.15, 0.2) is 0 Å². The molecule has 2 saturated carbocycles. The second-order valence-electron chi connectivity index (χ2n) is 9.70. The van der Waals surface area contributed by atoms with Gasteiger partial charge in [0, 0.05) is 46.6 Å². The highest BCUT2D eigenvalue weighted by molar-refractivity contribution is 6.64. The molecule has 8 nitrogen and oxygen atoms in total. The van der Waals surface area contributed by atoms with Crippen molar-refractivity contribution >= 4 is 69.1 Å². The highest BCUT2D eigenvalue weighted by Crippen LogP contribution is 2.38. The summed E-state index contributed by atoms with van der Waals surface area (Å²) in [6, 6.07) is 10.6. The first-order valence-corrected chi connectivity index (χ1v) is 13.5. The van der Waals surface area contributed by atoms with Gasteiger partial charge in [0.25, 0.3) is 5.91 Å². The lowest BCUT2D eigenvalue weighted by Crippen LogP contribution is -2.30. The predicted molar refractivity (Wildman–Crippen MR) is 148 cm³/mol. The average molecular weight is 575 g/mol. The van der Waals surface area contributed by atoms with Gasteiger partial charge in [-0.3, -0.25) is 19.1 Å². The summed E-state index contributed by atoms with van der Waals surface area (Å²) in [7, 11) is 1.84. The maximum absolute atomic E-state index is 13.6. The molecule has 198 valence electrons. The van der Waals surface area contributed by atoms with Gasteiger partial charge >= 0.3 is 0 Å². The van der Waals surface area contributed by atoms with Crippen LogP contribution in [0.3, 0.4) is 0 Å². The maximum Gasteiger partial charge on any atom is 0.258 e. The Balaban J connectivity index is 0.000000433. The van der Waals surface area contributed by atoms with Crippen molar-refractivity contribution in [1.82, 2.24) is 15.1 Å². The quantitative estimate of drug-likeness (QED) is 0.375. The minimum Gasteiger partial charge on any atom is -0.352 e. The molecule has 38 heavy (non-hydrogen) atoms. The van der Waals surface area contributed by atoms with E-state index in [9.17, 15) is 14.4 Å². The maximum atomic E-state index is 13.6. The van der Waals surface area contributed by atoms with E-state index < -0.39 is 0 Å². The molecule has 2 fully saturated rings. The van der Waals surface area contributed by atoms with Crippen LogP contribution in [0.5, 0.6) is 0 Å². The van der Waals surface area contributed by atoms with Crippen LogP contribution in [0, 0.1) is 11.8 Å². The Labute approximate surface area is 235 Å². The summed E-state index contributed by atoms with van der Waals surface area (Å²) < 4.78 is 1.73. The fourth-order valence-electron chi connectivity index (χ4n) is 4.13. The van der Waals surface area contributed by atoms with Crippen molar-refractivity contribution in [1.29, 1.82) is 0 Å². The molecule has 2 N–H and O–H groups in total. The lowest BCUT2D eigenvalue weighted by Gasteiger charge is -2.23. The number of carbonyl (C=O) groups excluding carboxylic acids is 3. The number of aromatic nitrogens is 2. The number of fused-ring (bicyclic) bond motifs is 2. The first-order valence-electron chi connectivity index (χ1n) is 12.4. The summed E-state index contributed by atoms with van der Waals surface area (Å²) in [4.78, 5) is 37.1. The standard InChI is InChI=1S/C23H21Cl2N5O2.C4H5ClO/c1-29-21-16(11-27-29)12-30(20-7-6-17(24)9-19(20)28-21)23(32)14-4-5-15(18(25)8-14)10-26-22(31)13-2-3-13;5-4(6)3-1-2-3/h4-9,11,13,28H,2-3,10,12H2,1H3,(H,26,31);3H,1-2H2. The van der Waals surface area contributed by atoms with E-state index in [1.165, 1.54) is 0 Å². The van der Waals surface area contributed by atoms with Gasteiger partial charge in [-0.2, -0.15) is 5.10 Å². The Morgan fingerprint density at radius 2 is 1.79 bits per heavy atom. The number of benzene rings is 2. The van der Waals surface area contributed by atoms with Crippen LogP contribution in [0.25, 0.3) is 0 Å². The Kier molecular flexibility index (Phi) is 7.66. The molecule has 0 atom stereocenters. The molecule has 2 amide bonds. The third-order valence-corrected chi connectivity index (χ3v) is 7.59. The van der Waals surface area contributed by atoms with Gasteiger partial charge in [-0.1, -0.05) is 29.3 Å². The van der Waals surface area contributed by atoms with E-state index in [4.69, 9.17) is 34.8 Å². The zero-order valence-corrected chi connectivity index (χ0v) is 22.9. The lowest BCUT2D eigenvalue weighted by atomic mass is 10.1. The van der Waals surface area contributed by atoms with Crippen molar-refractivity contribution in [2.45, 2.75) is 38.8 Å². The lowest BCUT2D eigenvalue weighted by molar-refractivity contribution is -0.122. The van der Waals surface area contributed by atoms with Crippen LogP contribution < -0.4 is 15.5 Å². The van der Waals surface area contributed by atoms with Crippen LogP contribution in [-0.4, -0.2) is 26.8 Å². The van der Waals surface area contributed by atoms with Gasteiger partial charge in [0.05, 0.1) is 24.1 Å². The number of aryl methyl sites for hydroxylation is 1. The Morgan fingerprint density at radius 3 is 2.42 bits per heavy atom. The smallest absolute Gasteiger partial charge is 0.258 e. The molecule has 0 radical (unpaired) electrons. The molecule has 1 aromatic heterocycles. The van der Waals surface area contributed by atoms with Gasteiger partial charge in [0.2, 0.25) is 11.1 Å². The fraction of sp³-hybridized carbons (Fsp3) is 0.333. The molecular formula is C27H26Cl3N5O3. The highest BCUT2D eigenvalue weighted by atomic mass is 35.5. The van der Waals surface area contributed by atoms with Gasteiger partial charge in [0.1, 0.15) is 5.82 Å². The Bertz CT molecular complexity index is 1410. The summed E-state index contributed by atoms with van der Waals surface area (Å²) >= 11 is 17.7. The van der Waals surface area contributed by atoms with Gasteiger partial charge in [-0.05, 0) is 73.2 Å². The predicted octanol–water partition coefficient (Wildman–Crippen LogP) is 5.82. The van der Waals surface area contributed by atoms with Crippen molar-refractivity contribution in [2.75, 3.05) is 10.2 Å². The van der Waals surface area contributed by atoms with Gasteiger partial charge in [-0.25, -0.2) is 0 Å². The molecule has 2 aromatic carbocycles. The third-order valence-electron chi connectivity index (χ3n) is 6.69. The molecule has 0 spiro atoms. The largest absolute Gasteiger partial charge is 0.352 e. The molecule has 1 aliphatic heterocycles. The fourth-order valence-corrected chi connectivity index (χ4v) is 4.77. The monoisotopic (exact) mass is 573 g/mol. The van der Waals surface area contributed by atoms with Crippen molar-refractivity contribution < 1.29 is 14.4 Å². The SMILES string of the molecule is Cn1ncc2c1Nc1cc(Cl)ccc1N(C(=O)c1ccc(CNC(=O)C3CC3)c(Cl)c1)C2.O=C(Cl)C1CC1. The van der Waals surface area contributed by atoms with Crippen LogP contribution in [0.4, 0.5) is 17.2 Å². The van der Waals surface area contributed by atoms with E-state index >= 15 is 0 Å². The van der Waals surface area contributed by atoms with Crippen molar-refractivity contribution in [3.05, 3.63) is 69.3 Å². The van der Waals surface area contributed by atoms with Gasteiger partial charge in [-0.15, -0.1) is 0 Å². The van der Waals surface area contributed by atoms with Crippen LogP contribution in [-0.2, 0) is 29.7 Å². The van der Waals surface area contributed by atoms with Crippen LogP contribution >= 0.6 is 34.8 Å². The minimum absolute atomic E-state index is 0.0563. The molecule has 2 heterocycles. The molecule has 3 aromatic rings. The Hall–Kier alpha value is -3.07. The van der Waals surface area contributed by atoms with Crippen LogP contribution in [0.1, 0.15) is 47.2 Å². The number of nitrogens with zero attached hydrogens (tertiary/aromatic N) is 3. The number of anilines is 3. The summed E-state index contributed by atoms with van der Waals surface area (Å²) in [5, 5.41) is 11.4. The van der Waals surface area contributed by atoms with E-state index in [0.717, 1.165) is 48.3 Å². The van der Waals surface area contributed by atoms with E-state index in [1.54, 1.807) is 46.1 Å². The zero-order valence-electron chi connectivity index (χ0n) is 20.6. The number of carbonyl (C=O) groups is 3. The summed E-state index contributed by atoms with van der Waals surface area (Å²) in [6.45, 7) is 0.692. The molecule has 3 aliphatic rings. The van der Waals surface area contributed by atoms with E-state index in [0.29, 0.717) is 34.4 Å². The number of hydrogen-bond acceptors (Lipinski definition) is 5. The summed E-state index contributed by atoms with van der Waals surface area (Å²) in [5.74, 6) is 1.04. The van der Waals surface area contributed by atoms with Crippen molar-refractivity contribution in [3.8, 4) is 0 Å². The van der Waals surface area contributed by atoms with Crippen molar-refractivity contribution in [2.24, 2.45) is 18.9 Å². The molecular weight excluding hydrogens is 549 g/mol. The van der Waals surface area contributed by atoms with E-state index in [2.05, 4.69) is 15.7 Å². The molecule has 0 unspecified atom stereocenters. The molecule has 6 rings (SSSR count).